The van der Waals surface area contributed by atoms with Crippen molar-refractivity contribution in [1.29, 1.82) is 0 Å². The Kier molecular flexibility index (Phi) is 9.25. The Hall–Kier alpha value is -3.92. The molecule has 1 atom stereocenters. The van der Waals surface area contributed by atoms with Crippen LogP contribution in [0.5, 0.6) is 5.75 Å². The third-order valence-electron chi connectivity index (χ3n) is 5.56. The molecule has 2 N–H and O–H groups in total. The first-order chi connectivity index (χ1) is 18.6. The molecule has 1 amide bonds. The molecule has 3 aromatic rings. The predicted octanol–water partition coefficient (Wildman–Crippen LogP) is 7.04. The molecule has 0 spiro atoms. The quantitative estimate of drug-likeness (QED) is 0.270. The summed E-state index contributed by atoms with van der Waals surface area (Å²) in [7, 11) is 0. The van der Waals surface area contributed by atoms with Crippen LogP contribution < -0.4 is 15.1 Å². The zero-order valence-corrected chi connectivity index (χ0v) is 24.3. The van der Waals surface area contributed by atoms with E-state index in [-0.39, 0.29) is 23.7 Å². The summed E-state index contributed by atoms with van der Waals surface area (Å²) in [4.78, 5) is 35.7. The number of nitrogens with one attached hydrogen (secondary N) is 1. The van der Waals surface area contributed by atoms with Gasteiger partial charge >= 0.3 is 12.1 Å². The fraction of sp³-hybridized carbons (Fsp3) is 0.433. The van der Waals surface area contributed by atoms with Crippen molar-refractivity contribution in [3.63, 3.8) is 0 Å². The molecule has 0 fully saturated rings. The summed E-state index contributed by atoms with van der Waals surface area (Å²) in [6.07, 6.45) is 1.36. The number of aliphatic carboxylic acids is 1. The normalized spacial score (nSPS) is 12.6. The number of carbonyl (C=O) groups is 2. The van der Waals surface area contributed by atoms with Crippen molar-refractivity contribution in [3.8, 4) is 5.75 Å². The lowest BCUT2D eigenvalue weighted by atomic mass is 10.0. The molecule has 40 heavy (non-hydrogen) atoms. The first-order valence-electron chi connectivity index (χ1n) is 13.2. The van der Waals surface area contributed by atoms with Crippen molar-refractivity contribution >= 4 is 34.3 Å². The van der Waals surface area contributed by atoms with Crippen molar-refractivity contribution in [3.05, 3.63) is 59.5 Å². The van der Waals surface area contributed by atoms with Gasteiger partial charge in [-0.05, 0) is 102 Å². The molecule has 0 saturated heterocycles. The number of pyridine rings is 1. The second-order valence-electron chi connectivity index (χ2n) is 11.2. The second-order valence-corrected chi connectivity index (χ2v) is 11.2. The van der Waals surface area contributed by atoms with Gasteiger partial charge in [-0.3, -0.25) is 4.84 Å². The Morgan fingerprint density at radius 3 is 2.33 bits per heavy atom. The third kappa shape index (κ3) is 7.59. The molecule has 1 unspecified atom stereocenters. The molecule has 10 heteroatoms. The van der Waals surface area contributed by atoms with Crippen LogP contribution in [0.3, 0.4) is 0 Å². The van der Waals surface area contributed by atoms with Gasteiger partial charge in [0.05, 0.1) is 12.2 Å². The standard InChI is InChI=1S/C30H38FN3O6/c1-9-18-15-22(24(31)23(16-18)38-10-2)25(27(35)36)33-20-11-12-21-19(17-20)13-14-32-26(21)34(40-30(6,7)8)28(37)39-29(3,4)5/h11-17,25,33H,9-10H2,1-8H3,(H,35,36). The minimum Gasteiger partial charge on any atom is -0.491 e. The number of halogens is 1. The molecule has 0 bridgehead atoms. The summed E-state index contributed by atoms with van der Waals surface area (Å²) in [6.45, 7) is 14.5. The van der Waals surface area contributed by atoms with E-state index in [0.29, 0.717) is 22.9 Å². The van der Waals surface area contributed by atoms with Gasteiger partial charge in [0.15, 0.2) is 23.4 Å². The number of benzene rings is 2. The molecule has 9 nitrogen and oxygen atoms in total. The fourth-order valence-corrected chi connectivity index (χ4v) is 3.95. The molecule has 0 aliphatic carbocycles. The Labute approximate surface area is 234 Å². The number of nitrogens with zero attached hydrogens (tertiary/aromatic N) is 2. The van der Waals surface area contributed by atoms with Crippen LogP contribution in [-0.2, 0) is 20.8 Å². The number of hydroxylamine groups is 1. The van der Waals surface area contributed by atoms with Gasteiger partial charge in [-0.15, -0.1) is 5.06 Å². The van der Waals surface area contributed by atoms with Crippen molar-refractivity contribution in [2.24, 2.45) is 0 Å². The summed E-state index contributed by atoms with van der Waals surface area (Å²) in [5, 5.41) is 15.2. The van der Waals surface area contributed by atoms with E-state index in [4.69, 9.17) is 14.3 Å². The highest BCUT2D eigenvalue weighted by Gasteiger charge is 2.31. The first-order valence-corrected chi connectivity index (χ1v) is 13.2. The molecule has 0 radical (unpaired) electrons. The minimum atomic E-state index is -1.38. The van der Waals surface area contributed by atoms with Gasteiger partial charge in [0, 0.05) is 22.8 Å². The fourth-order valence-electron chi connectivity index (χ4n) is 3.95. The Balaban J connectivity index is 2.05. The van der Waals surface area contributed by atoms with E-state index in [1.54, 1.807) is 78.8 Å². The van der Waals surface area contributed by atoms with E-state index in [0.717, 1.165) is 10.6 Å². The van der Waals surface area contributed by atoms with Crippen LogP contribution in [0, 0.1) is 5.82 Å². The van der Waals surface area contributed by atoms with E-state index in [1.807, 2.05) is 6.92 Å². The van der Waals surface area contributed by atoms with Crippen LogP contribution in [-0.4, -0.2) is 40.0 Å². The summed E-state index contributed by atoms with van der Waals surface area (Å²) in [6, 6.07) is 8.48. The molecule has 0 aliphatic rings. The SMILES string of the molecule is CCOc1cc(CC)cc(C(Nc2ccc3c(N(OC(C)(C)C)C(=O)OC(C)(C)C)nccc3c2)C(=O)O)c1F. The molecule has 0 aliphatic heterocycles. The lowest BCUT2D eigenvalue weighted by Gasteiger charge is -2.31. The zero-order chi connectivity index (χ0) is 29.8. The van der Waals surface area contributed by atoms with E-state index >= 15 is 4.39 Å². The topological polar surface area (TPSA) is 110 Å². The third-order valence-corrected chi connectivity index (χ3v) is 5.56. The highest BCUT2D eigenvalue weighted by molar-refractivity contribution is 6.00. The second kappa shape index (κ2) is 12.1. The number of hydrogen-bond acceptors (Lipinski definition) is 7. The lowest BCUT2D eigenvalue weighted by Crippen LogP contribution is -2.42. The number of ether oxygens (including phenoxy) is 2. The number of anilines is 2. The maximum Gasteiger partial charge on any atom is 0.440 e. The molecular formula is C30H38FN3O6. The lowest BCUT2D eigenvalue weighted by molar-refractivity contribution is -0.138. The molecule has 1 heterocycles. The highest BCUT2D eigenvalue weighted by atomic mass is 19.1. The van der Waals surface area contributed by atoms with Crippen LogP contribution in [0.4, 0.5) is 20.7 Å². The van der Waals surface area contributed by atoms with Gasteiger partial charge in [-0.25, -0.2) is 19.0 Å². The Morgan fingerprint density at radius 1 is 1.05 bits per heavy atom. The zero-order valence-electron chi connectivity index (χ0n) is 24.3. The summed E-state index contributed by atoms with van der Waals surface area (Å²) >= 11 is 0. The number of hydrogen-bond donors (Lipinski definition) is 2. The molecule has 3 rings (SSSR count). The number of rotatable bonds is 9. The molecule has 2 aromatic carbocycles. The van der Waals surface area contributed by atoms with E-state index in [1.165, 1.54) is 12.3 Å². The van der Waals surface area contributed by atoms with Crippen LogP contribution in [0.15, 0.2) is 42.6 Å². The van der Waals surface area contributed by atoms with E-state index in [2.05, 4.69) is 10.3 Å². The smallest absolute Gasteiger partial charge is 0.440 e. The number of aryl methyl sites for hydroxylation is 1. The average molecular weight is 556 g/mol. The van der Waals surface area contributed by atoms with Crippen LogP contribution >= 0.6 is 0 Å². The maximum atomic E-state index is 15.3. The largest absolute Gasteiger partial charge is 0.491 e. The van der Waals surface area contributed by atoms with Gasteiger partial charge in [-0.2, -0.15) is 0 Å². The maximum absolute atomic E-state index is 15.3. The van der Waals surface area contributed by atoms with Crippen LogP contribution in [0.25, 0.3) is 10.8 Å². The molecular weight excluding hydrogens is 517 g/mol. The van der Waals surface area contributed by atoms with Gasteiger partial charge in [0.2, 0.25) is 0 Å². The van der Waals surface area contributed by atoms with Gasteiger partial charge < -0.3 is 19.9 Å². The van der Waals surface area contributed by atoms with E-state index < -0.39 is 35.1 Å². The van der Waals surface area contributed by atoms with Crippen LogP contribution in [0.1, 0.15) is 72.6 Å². The number of carboxylic acid groups (broad SMARTS) is 1. The Morgan fingerprint density at radius 2 is 1.75 bits per heavy atom. The van der Waals surface area contributed by atoms with Crippen molar-refractivity contribution < 1.29 is 33.4 Å². The van der Waals surface area contributed by atoms with Gasteiger partial charge in [0.1, 0.15) is 5.60 Å². The van der Waals surface area contributed by atoms with Gasteiger partial charge in [0.25, 0.3) is 0 Å². The molecule has 1 aromatic heterocycles. The van der Waals surface area contributed by atoms with E-state index in [9.17, 15) is 14.7 Å². The first kappa shape index (κ1) is 30.6. The molecule has 0 saturated carbocycles. The van der Waals surface area contributed by atoms with Crippen molar-refractivity contribution in [2.45, 2.75) is 79.1 Å². The number of carbonyl (C=O) groups excluding carboxylic acids is 1. The Bertz CT molecular complexity index is 1380. The van der Waals surface area contributed by atoms with Gasteiger partial charge in [-0.1, -0.05) is 6.92 Å². The summed E-state index contributed by atoms with van der Waals surface area (Å²) < 4.78 is 26.3. The molecule has 216 valence electrons. The van der Waals surface area contributed by atoms with Crippen molar-refractivity contribution in [2.75, 3.05) is 17.0 Å². The number of carboxylic acids is 1. The minimum absolute atomic E-state index is 0.0141. The van der Waals surface area contributed by atoms with Crippen molar-refractivity contribution in [1.82, 2.24) is 4.98 Å². The highest BCUT2D eigenvalue weighted by Crippen LogP contribution is 2.33. The number of aromatic nitrogens is 1. The summed E-state index contributed by atoms with van der Waals surface area (Å²) in [5.41, 5.74) is -0.356. The number of fused-ring (bicyclic) bond motifs is 1. The number of amides is 1. The average Bonchev–Trinajstić information content (AvgIpc) is 2.85. The predicted molar refractivity (Wildman–Crippen MR) is 152 cm³/mol. The summed E-state index contributed by atoms with van der Waals surface area (Å²) in [5.74, 6) is -1.75. The van der Waals surface area contributed by atoms with Crippen LogP contribution in [0.2, 0.25) is 0 Å². The monoisotopic (exact) mass is 555 g/mol.